The predicted molar refractivity (Wildman–Crippen MR) is 79.0 cm³/mol. The molecule has 2 aliphatic rings. The molecule has 0 aromatic heterocycles. The van der Waals surface area contributed by atoms with Crippen LogP contribution in [0.2, 0.25) is 0 Å². The Kier molecular flexibility index (Phi) is 4.26. The highest BCUT2D eigenvalue weighted by Crippen LogP contribution is 2.48. The number of carbonyl (C=O) groups is 1. The molecule has 3 rings (SSSR count). The molecule has 1 aromatic rings. The number of hydrogen-bond acceptors (Lipinski definition) is 8. The molecule has 4 unspecified atom stereocenters. The molecule has 1 aliphatic carbocycles. The number of benzene rings is 1. The number of hydrogen-bond donors (Lipinski definition) is 6. The molecule has 1 fully saturated rings. The summed E-state index contributed by atoms with van der Waals surface area (Å²) >= 11 is 0. The fourth-order valence-corrected chi connectivity index (χ4v) is 3.22. The molecule has 24 heavy (non-hydrogen) atoms. The number of carbonyl (C=O) groups excluding carboxylic acids is 1. The standard InChI is InChI=1S/C15H19NO8/c1-16-15(22)9-5(3-8-14(12(9)20)24-4-23-8)6-2-7(17)11(19)13(21)10(6)18/h3,6-7,10-11,13,17-21H,2,4H2,1H3,(H,16,22)/t6?,7?,10?,11?,13-/m0/s1. The number of aliphatic hydroxyl groups is 4. The summed E-state index contributed by atoms with van der Waals surface area (Å²) in [6, 6.07) is 1.43. The van der Waals surface area contributed by atoms with Crippen LogP contribution in [0.4, 0.5) is 0 Å². The number of aliphatic hydroxyl groups excluding tert-OH is 4. The van der Waals surface area contributed by atoms with Gasteiger partial charge in [0.05, 0.1) is 17.8 Å². The van der Waals surface area contributed by atoms with E-state index in [9.17, 15) is 30.3 Å². The van der Waals surface area contributed by atoms with E-state index in [1.807, 2.05) is 0 Å². The molecular weight excluding hydrogens is 322 g/mol. The van der Waals surface area contributed by atoms with Gasteiger partial charge in [0.15, 0.2) is 11.5 Å². The van der Waals surface area contributed by atoms with Gasteiger partial charge in [-0.3, -0.25) is 4.79 Å². The average Bonchev–Trinajstić information content (AvgIpc) is 3.04. The van der Waals surface area contributed by atoms with Crippen LogP contribution in [0.5, 0.6) is 17.2 Å². The van der Waals surface area contributed by atoms with Crippen molar-refractivity contribution in [2.45, 2.75) is 36.8 Å². The van der Waals surface area contributed by atoms with Gasteiger partial charge >= 0.3 is 0 Å². The van der Waals surface area contributed by atoms with E-state index >= 15 is 0 Å². The molecule has 1 aromatic carbocycles. The number of fused-ring (bicyclic) bond motifs is 1. The van der Waals surface area contributed by atoms with E-state index < -0.39 is 42.0 Å². The van der Waals surface area contributed by atoms with Crippen molar-refractivity contribution in [1.82, 2.24) is 5.32 Å². The van der Waals surface area contributed by atoms with Crippen molar-refractivity contribution in [1.29, 1.82) is 0 Å². The summed E-state index contributed by atoms with van der Waals surface area (Å²) in [5, 5.41) is 52.6. The predicted octanol–water partition coefficient (Wildman–Crippen LogP) is -1.59. The maximum Gasteiger partial charge on any atom is 0.255 e. The van der Waals surface area contributed by atoms with Crippen molar-refractivity contribution in [2.75, 3.05) is 13.8 Å². The highest BCUT2D eigenvalue weighted by molar-refractivity contribution is 6.00. The van der Waals surface area contributed by atoms with Crippen molar-refractivity contribution in [3.63, 3.8) is 0 Å². The van der Waals surface area contributed by atoms with E-state index in [0.29, 0.717) is 0 Å². The number of aromatic hydroxyl groups is 1. The largest absolute Gasteiger partial charge is 0.504 e. The lowest BCUT2D eigenvalue weighted by Crippen LogP contribution is -2.52. The number of ether oxygens (including phenoxy) is 2. The van der Waals surface area contributed by atoms with Crippen molar-refractivity contribution >= 4 is 5.91 Å². The normalized spacial score (nSPS) is 31.8. The molecule has 1 aliphatic heterocycles. The summed E-state index contributed by atoms with van der Waals surface area (Å²) in [5.74, 6) is -1.75. The SMILES string of the molecule is CNC(=O)c1c(C2CC(O)C(O)[C@@H](O)C2O)cc2c(c1O)OCO2. The van der Waals surface area contributed by atoms with Crippen LogP contribution < -0.4 is 14.8 Å². The monoisotopic (exact) mass is 341 g/mol. The van der Waals surface area contributed by atoms with Crippen molar-refractivity contribution in [3.8, 4) is 17.2 Å². The summed E-state index contributed by atoms with van der Waals surface area (Å²) in [6.07, 6.45) is -5.93. The first-order chi connectivity index (χ1) is 11.4. The first kappa shape index (κ1) is 16.8. The van der Waals surface area contributed by atoms with Crippen LogP contribution in [-0.2, 0) is 0 Å². The van der Waals surface area contributed by atoms with E-state index in [0.717, 1.165) is 0 Å². The minimum atomic E-state index is -1.59. The Morgan fingerprint density at radius 1 is 1.17 bits per heavy atom. The molecule has 1 amide bonds. The number of nitrogens with one attached hydrogen (secondary N) is 1. The summed E-state index contributed by atoms with van der Waals surface area (Å²) in [5.41, 5.74) is 0.0511. The Balaban J connectivity index is 2.13. The van der Waals surface area contributed by atoms with E-state index in [1.165, 1.54) is 13.1 Å². The number of phenols is 1. The van der Waals surface area contributed by atoms with Crippen molar-refractivity contribution < 1.29 is 39.8 Å². The molecule has 0 bridgehead atoms. The van der Waals surface area contributed by atoms with E-state index in [1.54, 1.807) is 0 Å². The third kappa shape index (κ3) is 2.46. The van der Waals surface area contributed by atoms with Gasteiger partial charge in [-0.2, -0.15) is 0 Å². The average molecular weight is 341 g/mol. The molecule has 1 heterocycles. The molecule has 0 saturated heterocycles. The van der Waals surface area contributed by atoms with Crippen LogP contribution in [0.3, 0.4) is 0 Å². The summed E-state index contributed by atoms with van der Waals surface area (Å²) in [7, 11) is 1.38. The van der Waals surface area contributed by atoms with E-state index in [-0.39, 0.29) is 35.8 Å². The maximum atomic E-state index is 12.2. The summed E-state index contributed by atoms with van der Waals surface area (Å²) in [6.45, 7) is -0.128. The molecule has 1 saturated carbocycles. The van der Waals surface area contributed by atoms with Gasteiger partial charge in [0.25, 0.3) is 5.91 Å². The minimum Gasteiger partial charge on any atom is -0.504 e. The van der Waals surface area contributed by atoms with E-state index in [2.05, 4.69) is 5.32 Å². The second-order valence-electron chi connectivity index (χ2n) is 5.88. The lowest BCUT2D eigenvalue weighted by atomic mass is 9.75. The second-order valence-corrected chi connectivity index (χ2v) is 5.88. The summed E-state index contributed by atoms with van der Waals surface area (Å²) < 4.78 is 10.4. The topological polar surface area (TPSA) is 149 Å². The first-order valence-corrected chi connectivity index (χ1v) is 7.46. The molecule has 132 valence electrons. The Morgan fingerprint density at radius 3 is 2.54 bits per heavy atom. The van der Waals surface area contributed by atoms with Gasteiger partial charge in [0, 0.05) is 13.0 Å². The summed E-state index contributed by atoms with van der Waals surface area (Å²) in [4.78, 5) is 12.2. The fourth-order valence-electron chi connectivity index (χ4n) is 3.22. The van der Waals surface area contributed by atoms with Crippen molar-refractivity contribution in [3.05, 3.63) is 17.2 Å². The molecule has 9 nitrogen and oxygen atoms in total. The number of amides is 1. The third-order valence-electron chi connectivity index (χ3n) is 4.52. The second kappa shape index (κ2) is 6.10. The molecule has 6 N–H and O–H groups in total. The van der Waals surface area contributed by atoms with Crippen LogP contribution >= 0.6 is 0 Å². The highest BCUT2D eigenvalue weighted by atomic mass is 16.7. The van der Waals surface area contributed by atoms with Crippen LogP contribution in [0.1, 0.15) is 28.3 Å². The molecule has 0 spiro atoms. The quantitative estimate of drug-likeness (QED) is 0.377. The zero-order valence-electron chi connectivity index (χ0n) is 12.8. The lowest BCUT2D eigenvalue weighted by molar-refractivity contribution is -0.143. The van der Waals surface area contributed by atoms with Gasteiger partial charge in [-0.15, -0.1) is 0 Å². The fraction of sp³-hybridized carbons (Fsp3) is 0.533. The van der Waals surface area contributed by atoms with Crippen molar-refractivity contribution in [2.24, 2.45) is 0 Å². The van der Waals surface area contributed by atoms with E-state index in [4.69, 9.17) is 9.47 Å². The molecule has 9 heteroatoms. The number of phenolic OH excluding ortho intramolecular Hbond substituents is 1. The lowest BCUT2D eigenvalue weighted by Gasteiger charge is -2.39. The van der Waals surface area contributed by atoms with Crippen LogP contribution in [0.15, 0.2) is 6.07 Å². The molecule has 0 radical (unpaired) electrons. The van der Waals surface area contributed by atoms with Gasteiger partial charge < -0.3 is 40.3 Å². The number of rotatable bonds is 2. The third-order valence-corrected chi connectivity index (χ3v) is 4.52. The van der Waals surface area contributed by atoms with Crippen LogP contribution in [0, 0.1) is 0 Å². The maximum absolute atomic E-state index is 12.2. The van der Waals surface area contributed by atoms with Gasteiger partial charge in [0.2, 0.25) is 12.5 Å². The highest BCUT2D eigenvalue weighted by Gasteiger charge is 2.44. The first-order valence-electron chi connectivity index (χ1n) is 7.46. The van der Waals surface area contributed by atoms with Gasteiger partial charge in [0.1, 0.15) is 12.2 Å². The van der Waals surface area contributed by atoms with Gasteiger partial charge in [-0.05, 0) is 18.1 Å². The molecular formula is C15H19NO8. The Hall–Kier alpha value is -2.07. The Bertz CT molecular complexity index is 663. The Labute approximate surface area is 137 Å². The smallest absolute Gasteiger partial charge is 0.255 e. The molecule has 5 atom stereocenters. The van der Waals surface area contributed by atoms with Gasteiger partial charge in [-0.1, -0.05) is 0 Å². The zero-order valence-corrected chi connectivity index (χ0v) is 12.8. The minimum absolute atomic E-state index is 0.0174. The van der Waals surface area contributed by atoms with Gasteiger partial charge in [-0.25, -0.2) is 0 Å². The zero-order chi connectivity index (χ0) is 17.6. The Morgan fingerprint density at radius 2 is 1.88 bits per heavy atom. The van der Waals surface area contributed by atoms with Crippen LogP contribution in [-0.4, -0.2) is 69.7 Å². The van der Waals surface area contributed by atoms with Crippen LogP contribution in [0.25, 0.3) is 0 Å².